The van der Waals surface area contributed by atoms with Crippen LogP contribution in [-0.2, 0) is 10.9 Å². The number of aromatic amines is 1. The molecule has 5 rings (SSSR count). The van der Waals surface area contributed by atoms with Gasteiger partial charge in [-0.15, -0.1) is 0 Å². The Hall–Kier alpha value is -3.84. The second kappa shape index (κ2) is 10.8. The third-order valence-electron chi connectivity index (χ3n) is 6.64. The minimum atomic E-state index is -4.76. The lowest BCUT2D eigenvalue weighted by atomic mass is 9.97. The molecule has 0 saturated carbocycles. The second-order valence-electron chi connectivity index (χ2n) is 10.8. The van der Waals surface area contributed by atoms with E-state index in [2.05, 4.69) is 10.2 Å². The van der Waals surface area contributed by atoms with Crippen LogP contribution >= 0.6 is 22.9 Å². The molecular weight excluding hydrogens is 600 g/mol. The second-order valence-corrected chi connectivity index (χ2v) is 12.2. The molecule has 0 unspecified atom stereocenters. The van der Waals surface area contributed by atoms with Crippen LogP contribution in [0.15, 0.2) is 47.4 Å². The number of nitrogens with one attached hydrogen (secondary N) is 1. The number of alkyl halides is 4. The van der Waals surface area contributed by atoms with E-state index in [0.717, 1.165) is 15.5 Å². The maximum atomic E-state index is 15.2. The summed E-state index contributed by atoms with van der Waals surface area (Å²) in [6, 6.07) is 6.92. The molecule has 0 aliphatic carbocycles. The van der Waals surface area contributed by atoms with Crippen molar-refractivity contribution in [2.24, 2.45) is 0 Å². The van der Waals surface area contributed by atoms with Crippen LogP contribution in [0.4, 0.5) is 22.4 Å². The van der Waals surface area contributed by atoms with Gasteiger partial charge >= 0.3 is 17.1 Å². The molecular formula is C28H25ClF4N4O4S. The Morgan fingerprint density at radius 1 is 1.19 bits per heavy atom. The number of H-pyrrole nitrogens is 1. The highest BCUT2D eigenvalue weighted by atomic mass is 35.5. The van der Waals surface area contributed by atoms with E-state index in [-0.39, 0.29) is 34.1 Å². The molecule has 4 aromatic rings. The molecule has 1 aliphatic heterocycles. The summed E-state index contributed by atoms with van der Waals surface area (Å²) in [5, 5.41) is 18.6. The largest absolute Gasteiger partial charge is 0.493 e. The number of aromatic nitrogens is 3. The molecule has 0 radical (unpaired) electrons. The number of halogens is 5. The smallest absolute Gasteiger partial charge is 0.417 e. The minimum Gasteiger partial charge on any atom is -0.493 e. The predicted octanol–water partition coefficient (Wildman–Crippen LogP) is 6.88. The number of benzene rings is 2. The number of ether oxygens (including phenoxy) is 1. The molecule has 2 atom stereocenters. The molecule has 42 heavy (non-hydrogen) atoms. The van der Waals surface area contributed by atoms with Crippen LogP contribution in [0.25, 0.3) is 22.6 Å². The van der Waals surface area contributed by atoms with Gasteiger partial charge in [-0.25, -0.2) is 9.18 Å². The molecule has 3 heterocycles. The van der Waals surface area contributed by atoms with Crippen molar-refractivity contribution in [3.05, 3.63) is 78.9 Å². The van der Waals surface area contributed by atoms with Crippen LogP contribution in [0.1, 0.15) is 48.4 Å². The van der Waals surface area contributed by atoms with Gasteiger partial charge in [0.25, 0.3) is 0 Å². The van der Waals surface area contributed by atoms with Gasteiger partial charge in [-0.2, -0.15) is 18.3 Å². The number of hydrogen-bond donors (Lipinski definition) is 2. The zero-order valence-corrected chi connectivity index (χ0v) is 24.1. The lowest BCUT2D eigenvalue weighted by Gasteiger charge is -2.24. The Bertz CT molecular complexity index is 1750. The summed E-state index contributed by atoms with van der Waals surface area (Å²) in [5.41, 5.74) is -1.00. The number of thiazole rings is 1. The number of amides is 1. The van der Waals surface area contributed by atoms with Crippen LogP contribution in [0, 0.1) is 0 Å². The Labute approximate surface area is 245 Å². The molecule has 0 bridgehead atoms. The molecule has 1 saturated heterocycles. The van der Waals surface area contributed by atoms with E-state index < -0.39 is 46.4 Å². The fraction of sp³-hybridized carbons (Fsp3) is 0.321. The Kier molecular flexibility index (Phi) is 7.60. The first-order valence-electron chi connectivity index (χ1n) is 12.7. The van der Waals surface area contributed by atoms with E-state index in [9.17, 15) is 27.9 Å². The van der Waals surface area contributed by atoms with Crippen molar-refractivity contribution in [2.45, 2.75) is 44.8 Å². The average molecular weight is 625 g/mol. The molecule has 2 aromatic heterocycles. The summed E-state index contributed by atoms with van der Waals surface area (Å²) in [6.45, 7) is 4.36. The number of carbonyl (C=O) groups excluding carboxylic acids is 1. The van der Waals surface area contributed by atoms with Crippen molar-refractivity contribution in [1.82, 2.24) is 19.7 Å². The van der Waals surface area contributed by atoms with Crippen LogP contribution in [0.2, 0.25) is 5.02 Å². The Morgan fingerprint density at radius 3 is 2.62 bits per heavy atom. The molecule has 1 aliphatic rings. The third-order valence-corrected chi connectivity index (χ3v) is 7.85. The highest BCUT2D eigenvalue weighted by molar-refractivity contribution is 7.11. The fourth-order valence-corrected chi connectivity index (χ4v) is 5.90. The number of carbonyl (C=O) groups is 1. The van der Waals surface area contributed by atoms with Gasteiger partial charge in [0.05, 0.1) is 29.9 Å². The molecule has 222 valence electrons. The van der Waals surface area contributed by atoms with Crippen molar-refractivity contribution in [3.63, 3.8) is 0 Å². The van der Waals surface area contributed by atoms with Crippen LogP contribution in [-0.4, -0.2) is 55.7 Å². The van der Waals surface area contributed by atoms with Crippen LogP contribution in [0.3, 0.4) is 0 Å². The van der Waals surface area contributed by atoms with Crippen molar-refractivity contribution >= 4 is 51.6 Å². The topological polar surface area (TPSA) is 100 Å². The van der Waals surface area contributed by atoms with Gasteiger partial charge in [0, 0.05) is 22.5 Å². The SMILES string of the molecule is CC(C)(C)OC(=O)N1C[C@@H](F)[C@@H](n2c(O)c(C(=Cc3ccc(Cl)cc3C(F)(F)F)c3ccc4[nH]ncc4c3)sc2=O)C1. The van der Waals surface area contributed by atoms with E-state index in [0.29, 0.717) is 27.8 Å². The molecule has 2 N–H and O–H groups in total. The Balaban J connectivity index is 1.63. The zero-order chi connectivity index (χ0) is 30.6. The average Bonchev–Trinajstić information content (AvgIpc) is 3.58. The van der Waals surface area contributed by atoms with E-state index in [1.54, 1.807) is 39.0 Å². The monoisotopic (exact) mass is 624 g/mol. The number of aromatic hydroxyl groups is 1. The summed E-state index contributed by atoms with van der Waals surface area (Å²) >= 11 is 6.42. The van der Waals surface area contributed by atoms with Gasteiger partial charge in [0.15, 0.2) is 0 Å². The summed E-state index contributed by atoms with van der Waals surface area (Å²) in [4.78, 5) is 26.0. The number of nitrogens with zero attached hydrogens (tertiary/aromatic N) is 3. The molecule has 14 heteroatoms. The normalized spacial score (nSPS) is 18.2. The standard InChI is InChI=1S/C28H25ClF4N4O4S/c1-27(2,3)41-25(39)36-12-20(30)22(13-36)37-24(38)23(42-26(37)40)18(14-5-7-21-16(8-14)11-34-35-21)9-15-4-6-17(29)10-19(15)28(31,32)33/h4-11,20,22,38H,12-13H2,1-3H3,(H,34,35)/t20-,22+/m1/s1. The Morgan fingerprint density at radius 2 is 1.93 bits per heavy atom. The molecule has 2 aromatic carbocycles. The first kappa shape index (κ1) is 29.6. The summed E-state index contributed by atoms with van der Waals surface area (Å²) < 4.78 is 63.3. The van der Waals surface area contributed by atoms with Gasteiger partial charge in [-0.1, -0.05) is 35.1 Å². The van der Waals surface area contributed by atoms with Gasteiger partial charge in [-0.05, 0) is 62.2 Å². The molecule has 1 fully saturated rings. The number of rotatable bonds is 4. The number of likely N-dealkylation sites (tertiary alicyclic amines) is 1. The third kappa shape index (κ3) is 5.88. The molecule has 8 nitrogen and oxygen atoms in total. The van der Waals surface area contributed by atoms with E-state index in [1.807, 2.05) is 0 Å². The van der Waals surface area contributed by atoms with Gasteiger partial charge in [0.2, 0.25) is 5.88 Å². The summed E-state index contributed by atoms with van der Waals surface area (Å²) in [7, 11) is 0. The highest BCUT2D eigenvalue weighted by Gasteiger charge is 2.41. The quantitative estimate of drug-likeness (QED) is 0.190. The number of hydrogen-bond acceptors (Lipinski definition) is 6. The fourth-order valence-electron chi connectivity index (χ4n) is 4.76. The lowest BCUT2D eigenvalue weighted by Crippen LogP contribution is -2.36. The first-order chi connectivity index (χ1) is 19.6. The van der Waals surface area contributed by atoms with Crippen molar-refractivity contribution in [2.75, 3.05) is 13.1 Å². The first-order valence-corrected chi connectivity index (χ1v) is 13.9. The molecule has 1 amide bonds. The van der Waals surface area contributed by atoms with Gasteiger partial charge < -0.3 is 14.7 Å². The van der Waals surface area contributed by atoms with Crippen LogP contribution in [0.5, 0.6) is 5.88 Å². The highest BCUT2D eigenvalue weighted by Crippen LogP contribution is 2.41. The zero-order valence-electron chi connectivity index (χ0n) is 22.5. The van der Waals surface area contributed by atoms with Crippen molar-refractivity contribution in [3.8, 4) is 5.88 Å². The van der Waals surface area contributed by atoms with E-state index in [4.69, 9.17) is 16.3 Å². The lowest BCUT2D eigenvalue weighted by molar-refractivity contribution is -0.137. The van der Waals surface area contributed by atoms with Gasteiger partial charge in [0.1, 0.15) is 16.6 Å². The van der Waals surface area contributed by atoms with E-state index >= 15 is 4.39 Å². The summed E-state index contributed by atoms with van der Waals surface area (Å²) in [5.74, 6) is -0.634. The minimum absolute atomic E-state index is 0.0752. The van der Waals surface area contributed by atoms with Crippen molar-refractivity contribution < 1.29 is 32.2 Å². The summed E-state index contributed by atoms with van der Waals surface area (Å²) in [6.07, 6.45) is -4.53. The maximum Gasteiger partial charge on any atom is 0.417 e. The number of fused-ring (bicyclic) bond motifs is 1. The van der Waals surface area contributed by atoms with Crippen molar-refractivity contribution in [1.29, 1.82) is 0 Å². The van der Waals surface area contributed by atoms with E-state index in [1.165, 1.54) is 24.4 Å². The maximum absolute atomic E-state index is 15.2. The van der Waals surface area contributed by atoms with Crippen LogP contribution < -0.4 is 4.87 Å². The molecule has 0 spiro atoms. The predicted molar refractivity (Wildman–Crippen MR) is 152 cm³/mol. The van der Waals surface area contributed by atoms with Gasteiger partial charge in [-0.3, -0.25) is 14.5 Å².